The Balaban J connectivity index is 2.54. The quantitative estimate of drug-likeness (QED) is 0.731. The van der Waals surface area contributed by atoms with Gasteiger partial charge in [-0.15, -0.1) is 0 Å². The molecule has 2 rings (SSSR count). The van der Waals surface area contributed by atoms with Crippen molar-refractivity contribution in [3.05, 3.63) is 46.3 Å². The van der Waals surface area contributed by atoms with Crippen LogP contribution < -0.4 is 10.4 Å². The lowest BCUT2D eigenvalue weighted by molar-refractivity contribution is 0.00697. The SMILES string of the molecule is C=c1ccc(=C)c2cc(C(=O)OC(C)(C)C)ccc12. The van der Waals surface area contributed by atoms with Crippen molar-refractivity contribution >= 4 is 29.9 Å². The van der Waals surface area contributed by atoms with Crippen LogP contribution in [0.4, 0.5) is 0 Å². The van der Waals surface area contributed by atoms with Gasteiger partial charge in [0.2, 0.25) is 0 Å². The summed E-state index contributed by atoms with van der Waals surface area (Å²) in [4.78, 5) is 12.0. The van der Waals surface area contributed by atoms with Crippen LogP contribution in [0, 0.1) is 0 Å². The molecule has 0 saturated heterocycles. The highest BCUT2D eigenvalue weighted by Crippen LogP contribution is 2.14. The molecule has 0 fully saturated rings. The zero-order valence-electron chi connectivity index (χ0n) is 11.6. The highest BCUT2D eigenvalue weighted by molar-refractivity contribution is 5.95. The molecule has 0 spiro atoms. The lowest BCUT2D eigenvalue weighted by atomic mass is 10.0. The summed E-state index contributed by atoms with van der Waals surface area (Å²) in [5.41, 5.74) is 0.0472. The fourth-order valence-electron chi connectivity index (χ4n) is 1.93. The molecule has 0 heterocycles. The van der Waals surface area contributed by atoms with Crippen molar-refractivity contribution in [1.29, 1.82) is 0 Å². The van der Waals surface area contributed by atoms with Gasteiger partial charge in [-0.3, -0.25) is 0 Å². The van der Waals surface area contributed by atoms with Gasteiger partial charge in [-0.05, 0) is 54.1 Å². The van der Waals surface area contributed by atoms with Crippen LogP contribution in [0.2, 0.25) is 0 Å². The summed E-state index contributed by atoms with van der Waals surface area (Å²) in [6.07, 6.45) is 0. The highest BCUT2D eigenvalue weighted by Gasteiger charge is 2.17. The lowest BCUT2D eigenvalue weighted by Crippen LogP contribution is -2.24. The summed E-state index contributed by atoms with van der Waals surface area (Å²) >= 11 is 0. The van der Waals surface area contributed by atoms with Gasteiger partial charge in [0.25, 0.3) is 0 Å². The van der Waals surface area contributed by atoms with Crippen LogP contribution in [0.1, 0.15) is 31.1 Å². The fourth-order valence-corrected chi connectivity index (χ4v) is 1.93. The molecular weight excluding hydrogens is 236 g/mol. The van der Waals surface area contributed by atoms with Gasteiger partial charge in [0, 0.05) is 0 Å². The Hall–Kier alpha value is -2.09. The number of esters is 1. The second-order valence-electron chi connectivity index (χ2n) is 5.65. The first-order valence-corrected chi connectivity index (χ1v) is 6.22. The molecule has 98 valence electrons. The van der Waals surface area contributed by atoms with Crippen molar-refractivity contribution in [3.63, 3.8) is 0 Å². The van der Waals surface area contributed by atoms with Crippen molar-refractivity contribution in [3.8, 4) is 0 Å². The zero-order chi connectivity index (χ0) is 14.2. The highest BCUT2D eigenvalue weighted by atomic mass is 16.6. The van der Waals surface area contributed by atoms with E-state index in [2.05, 4.69) is 13.2 Å². The van der Waals surface area contributed by atoms with Crippen molar-refractivity contribution in [1.82, 2.24) is 0 Å². The Morgan fingerprint density at radius 3 is 2.16 bits per heavy atom. The molecule has 0 bridgehead atoms. The van der Waals surface area contributed by atoms with E-state index in [4.69, 9.17) is 4.74 Å². The van der Waals surface area contributed by atoms with Crippen LogP contribution >= 0.6 is 0 Å². The minimum absolute atomic E-state index is 0.316. The van der Waals surface area contributed by atoms with Crippen LogP contribution in [0.25, 0.3) is 23.9 Å². The number of rotatable bonds is 1. The Kier molecular flexibility index (Phi) is 3.19. The smallest absolute Gasteiger partial charge is 0.338 e. The van der Waals surface area contributed by atoms with E-state index < -0.39 is 5.60 Å². The number of carbonyl (C=O) groups is 1. The van der Waals surface area contributed by atoms with Crippen molar-refractivity contribution < 1.29 is 9.53 Å². The van der Waals surface area contributed by atoms with Crippen molar-refractivity contribution in [2.75, 3.05) is 0 Å². The second-order valence-corrected chi connectivity index (χ2v) is 5.65. The molecule has 0 aliphatic rings. The predicted octanol–water partition coefficient (Wildman–Crippen LogP) is 2.62. The van der Waals surface area contributed by atoms with Gasteiger partial charge in [-0.2, -0.15) is 0 Å². The third kappa shape index (κ3) is 2.84. The van der Waals surface area contributed by atoms with Gasteiger partial charge in [-0.25, -0.2) is 4.79 Å². The first-order valence-electron chi connectivity index (χ1n) is 6.22. The van der Waals surface area contributed by atoms with Gasteiger partial charge in [0.1, 0.15) is 5.60 Å². The number of hydrogen-bond acceptors (Lipinski definition) is 2. The first-order chi connectivity index (χ1) is 8.78. The van der Waals surface area contributed by atoms with E-state index in [0.717, 1.165) is 21.2 Å². The summed E-state index contributed by atoms with van der Waals surface area (Å²) in [7, 11) is 0. The third-order valence-corrected chi connectivity index (χ3v) is 2.83. The largest absolute Gasteiger partial charge is 0.456 e. The maximum Gasteiger partial charge on any atom is 0.338 e. The van der Waals surface area contributed by atoms with Gasteiger partial charge in [0.05, 0.1) is 5.56 Å². The van der Waals surface area contributed by atoms with E-state index in [1.807, 2.05) is 45.0 Å². The molecule has 2 aromatic rings. The standard InChI is InChI=1S/C17H18O2/c1-11-6-7-12(2)15-10-13(8-9-14(11)15)16(18)19-17(3,4)5/h6-10H,1-2H2,3-5H3. The number of hydrogen-bond donors (Lipinski definition) is 0. The van der Waals surface area contributed by atoms with Crippen molar-refractivity contribution in [2.45, 2.75) is 26.4 Å². The summed E-state index contributed by atoms with van der Waals surface area (Å²) in [6, 6.07) is 9.32. The normalized spacial score (nSPS) is 11.5. The Morgan fingerprint density at radius 2 is 1.58 bits per heavy atom. The molecule has 2 nitrogen and oxygen atoms in total. The molecule has 19 heavy (non-hydrogen) atoms. The average molecular weight is 254 g/mol. The maximum absolute atomic E-state index is 12.0. The fraction of sp³-hybridized carbons (Fsp3) is 0.235. The molecule has 2 aromatic carbocycles. The van der Waals surface area contributed by atoms with Gasteiger partial charge >= 0.3 is 5.97 Å². The third-order valence-electron chi connectivity index (χ3n) is 2.83. The lowest BCUT2D eigenvalue weighted by Gasteiger charge is -2.19. The second kappa shape index (κ2) is 4.54. The molecule has 0 aromatic heterocycles. The zero-order valence-corrected chi connectivity index (χ0v) is 11.6. The Bertz CT molecular complexity index is 736. The predicted molar refractivity (Wildman–Crippen MR) is 79.4 cm³/mol. The molecule has 0 aliphatic carbocycles. The van der Waals surface area contributed by atoms with Crippen LogP contribution in [-0.2, 0) is 4.74 Å². The van der Waals surface area contributed by atoms with Crippen LogP contribution in [0.5, 0.6) is 0 Å². The van der Waals surface area contributed by atoms with Gasteiger partial charge < -0.3 is 4.74 Å². The van der Waals surface area contributed by atoms with E-state index in [0.29, 0.717) is 5.56 Å². The molecule has 0 N–H and O–H groups in total. The maximum atomic E-state index is 12.0. The van der Waals surface area contributed by atoms with E-state index in [1.54, 1.807) is 6.07 Å². The van der Waals surface area contributed by atoms with Crippen LogP contribution in [0.3, 0.4) is 0 Å². The summed E-state index contributed by atoms with van der Waals surface area (Å²) in [5.74, 6) is -0.316. The molecule has 0 radical (unpaired) electrons. The molecule has 0 unspecified atom stereocenters. The summed E-state index contributed by atoms with van der Waals surface area (Å²) in [5, 5.41) is 3.77. The molecule has 0 atom stereocenters. The molecule has 2 heteroatoms. The average Bonchev–Trinajstić information content (AvgIpc) is 2.31. The Morgan fingerprint density at radius 1 is 1.00 bits per heavy atom. The van der Waals surface area contributed by atoms with E-state index >= 15 is 0 Å². The van der Waals surface area contributed by atoms with E-state index in [1.165, 1.54) is 0 Å². The number of benzene rings is 2. The minimum atomic E-state index is -0.493. The number of fused-ring (bicyclic) bond motifs is 1. The van der Waals surface area contributed by atoms with E-state index in [-0.39, 0.29) is 5.97 Å². The minimum Gasteiger partial charge on any atom is -0.456 e. The molecule has 0 amide bonds. The van der Waals surface area contributed by atoms with Crippen LogP contribution in [0.15, 0.2) is 30.3 Å². The molecule has 0 saturated carbocycles. The number of carbonyl (C=O) groups excluding carboxylic acids is 1. The van der Waals surface area contributed by atoms with Crippen molar-refractivity contribution in [2.24, 2.45) is 0 Å². The summed E-state index contributed by atoms with van der Waals surface area (Å²) < 4.78 is 5.37. The molecule has 0 aliphatic heterocycles. The number of ether oxygens (including phenoxy) is 1. The van der Waals surface area contributed by atoms with Crippen LogP contribution in [-0.4, -0.2) is 11.6 Å². The van der Waals surface area contributed by atoms with E-state index in [9.17, 15) is 4.79 Å². The molecular formula is C17H18O2. The monoisotopic (exact) mass is 254 g/mol. The first kappa shape index (κ1) is 13.3. The van der Waals surface area contributed by atoms with Gasteiger partial charge in [0.15, 0.2) is 0 Å². The summed E-state index contributed by atoms with van der Waals surface area (Å²) in [6.45, 7) is 13.5. The topological polar surface area (TPSA) is 26.3 Å². The van der Waals surface area contributed by atoms with Gasteiger partial charge in [-0.1, -0.05) is 31.4 Å². The Labute approximate surface area is 113 Å².